The van der Waals surface area contributed by atoms with Crippen LogP contribution in [0.15, 0.2) is 36.4 Å². The first-order valence-electron chi connectivity index (χ1n) is 5.89. The van der Waals surface area contributed by atoms with Crippen LogP contribution in [0.4, 0.5) is 24.5 Å². The Bertz CT molecular complexity index is 662. The molecule has 2 N–H and O–H groups in total. The third-order valence-electron chi connectivity index (χ3n) is 2.58. The Morgan fingerprint density at radius 1 is 1.00 bits per heavy atom. The van der Waals surface area contributed by atoms with Crippen molar-refractivity contribution < 1.29 is 18.0 Å². The van der Waals surface area contributed by atoms with E-state index in [0.717, 1.165) is 0 Å². The van der Waals surface area contributed by atoms with E-state index < -0.39 is 23.4 Å². The van der Waals surface area contributed by atoms with Crippen LogP contribution in [0.3, 0.4) is 0 Å². The highest BCUT2D eigenvalue weighted by Gasteiger charge is 2.10. The smallest absolute Gasteiger partial charge is 0.243 e. The number of hydrogen-bond donors (Lipinski definition) is 2. The Labute approximate surface area is 123 Å². The first kappa shape index (κ1) is 15.2. The molecule has 2 aromatic carbocycles. The number of anilines is 2. The van der Waals surface area contributed by atoms with Gasteiger partial charge in [0.2, 0.25) is 5.91 Å². The number of carbonyl (C=O) groups excluding carboxylic acids is 1. The number of nitrogens with one attached hydrogen (secondary N) is 2. The number of hydrogen-bond acceptors (Lipinski definition) is 2. The lowest BCUT2D eigenvalue weighted by atomic mass is 10.2. The third-order valence-corrected chi connectivity index (χ3v) is 2.83. The van der Waals surface area contributed by atoms with Crippen LogP contribution >= 0.6 is 11.6 Å². The fourth-order valence-electron chi connectivity index (χ4n) is 1.57. The maximum absolute atomic E-state index is 13.3. The predicted molar refractivity (Wildman–Crippen MR) is 74.9 cm³/mol. The molecule has 0 bridgehead atoms. The predicted octanol–water partition coefficient (Wildman–Crippen LogP) is 3.81. The third kappa shape index (κ3) is 4.13. The molecule has 0 aliphatic rings. The van der Waals surface area contributed by atoms with Crippen LogP contribution in [0.25, 0.3) is 0 Å². The lowest BCUT2D eigenvalue weighted by Crippen LogP contribution is -2.22. The van der Waals surface area contributed by atoms with E-state index in [-0.39, 0.29) is 12.2 Å². The molecule has 0 fully saturated rings. The largest absolute Gasteiger partial charge is 0.374 e. The van der Waals surface area contributed by atoms with E-state index in [1.165, 1.54) is 0 Å². The molecule has 0 unspecified atom stereocenters. The van der Waals surface area contributed by atoms with Crippen molar-refractivity contribution in [1.82, 2.24) is 0 Å². The summed E-state index contributed by atoms with van der Waals surface area (Å²) in [5.74, 6) is -3.93. The lowest BCUT2D eigenvalue weighted by Gasteiger charge is -2.09. The van der Waals surface area contributed by atoms with Crippen LogP contribution in [0.2, 0.25) is 5.02 Å². The topological polar surface area (TPSA) is 41.1 Å². The summed E-state index contributed by atoms with van der Waals surface area (Å²) < 4.78 is 39.1. The normalized spacial score (nSPS) is 10.3. The Kier molecular flexibility index (Phi) is 4.70. The zero-order valence-electron chi connectivity index (χ0n) is 10.6. The molecule has 0 aromatic heterocycles. The number of rotatable bonds is 4. The molecular formula is C14H10ClF3N2O. The van der Waals surface area contributed by atoms with Gasteiger partial charge in [0.25, 0.3) is 0 Å². The van der Waals surface area contributed by atoms with E-state index in [1.807, 2.05) is 0 Å². The number of amides is 1. The van der Waals surface area contributed by atoms with Crippen molar-refractivity contribution in [3.63, 3.8) is 0 Å². The van der Waals surface area contributed by atoms with Gasteiger partial charge in [0.15, 0.2) is 11.6 Å². The molecular weight excluding hydrogens is 305 g/mol. The van der Waals surface area contributed by atoms with Crippen LogP contribution in [0.5, 0.6) is 0 Å². The molecule has 0 spiro atoms. The molecule has 0 atom stereocenters. The van der Waals surface area contributed by atoms with Crippen LogP contribution < -0.4 is 10.6 Å². The summed E-state index contributed by atoms with van der Waals surface area (Å²) >= 11 is 5.70. The SMILES string of the molecule is O=C(CNc1cc(F)c(F)cc1F)Nc1ccc(Cl)cc1. The summed E-state index contributed by atoms with van der Waals surface area (Å²) in [6, 6.07) is 7.45. The summed E-state index contributed by atoms with van der Waals surface area (Å²) in [6.07, 6.45) is 0. The molecule has 0 saturated heterocycles. The van der Waals surface area contributed by atoms with Crippen molar-refractivity contribution in [2.75, 3.05) is 17.2 Å². The van der Waals surface area contributed by atoms with Gasteiger partial charge in [-0.2, -0.15) is 0 Å². The van der Waals surface area contributed by atoms with Gasteiger partial charge >= 0.3 is 0 Å². The molecule has 1 amide bonds. The Morgan fingerprint density at radius 3 is 2.29 bits per heavy atom. The number of halogens is 4. The van der Waals surface area contributed by atoms with Crippen molar-refractivity contribution >= 4 is 28.9 Å². The minimum Gasteiger partial charge on any atom is -0.374 e. The Balaban J connectivity index is 1.95. The van der Waals surface area contributed by atoms with E-state index in [1.54, 1.807) is 24.3 Å². The van der Waals surface area contributed by atoms with E-state index in [9.17, 15) is 18.0 Å². The van der Waals surface area contributed by atoms with Gasteiger partial charge in [-0.1, -0.05) is 11.6 Å². The quantitative estimate of drug-likeness (QED) is 0.843. The minimum absolute atomic E-state index is 0.292. The maximum atomic E-state index is 13.3. The van der Waals surface area contributed by atoms with E-state index in [4.69, 9.17) is 11.6 Å². The summed E-state index contributed by atoms with van der Waals surface area (Å²) in [5.41, 5.74) is 0.220. The van der Waals surface area contributed by atoms with E-state index >= 15 is 0 Å². The second-order valence-corrected chi connectivity index (χ2v) is 4.59. The molecule has 0 heterocycles. The van der Waals surface area contributed by atoms with Crippen molar-refractivity contribution in [2.24, 2.45) is 0 Å². The van der Waals surface area contributed by atoms with Gasteiger partial charge in [0, 0.05) is 22.8 Å². The Morgan fingerprint density at radius 2 is 1.62 bits per heavy atom. The summed E-state index contributed by atoms with van der Waals surface area (Å²) in [4.78, 5) is 11.6. The van der Waals surface area contributed by atoms with E-state index in [2.05, 4.69) is 10.6 Å². The highest BCUT2D eigenvalue weighted by atomic mass is 35.5. The molecule has 2 aromatic rings. The Hall–Kier alpha value is -2.21. The summed E-state index contributed by atoms with van der Waals surface area (Å²) in [7, 11) is 0. The highest BCUT2D eigenvalue weighted by molar-refractivity contribution is 6.30. The molecule has 0 aliphatic carbocycles. The van der Waals surface area contributed by atoms with Crippen LogP contribution in [-0.4, -0.2) is 12.5 Å². The van der Waals surface area contributed by atoms with Crippen molar-refractivity contribution in [3.05, 3.63) is 58.9 Å². The van der Waals surface area contributed by atoms with Crippen LogP contribution in [0.1, 0.15) is 0 Å². The summed E-state index contributed by atoms with van der Waals surface area (Å²) in [6.45, 7) is -0.301. The maximum Gasteiger partial charge on any atom is 0.243 e. The zero-order chi connectivity index (χ0) is 15.4. The van der Waals surface area contributed by atoms with Gasteiger partial charge in [-0.05, 0) is 24.3 Å². The van der Waals surface area contributed by atoms with E-state index in [0.29, 0.717) is 22.8 Å². The highest BCUT2D eigenvalue weighted by Crippen LogP contribution is 2.18. The molecule has 3 nitrogen and oxygen atoms in total. The second-order valence-electron chi connectivity index (χ2n) is 4.15. The second kappa shape index (κ2) is 6.49. The van der Waals surface area contributed by atoms with Gasteiger partial charge in [-0.15, -0.1) is 0 Å². The fraction of sp³-hybridized carbons (Fsp3) is 0.0714. The van der Waals surface area contributed by atoms with Gasteiger partial charge in [0.05, 0.1) is 12.2 Å². The zero-order valence-corrected chi connectivity index (χ0v) is 11.3. The van der Waals surface area contributed by atoms with Gasteiger partial charge in [-0.25, -0.2) is 13.2 Å². The average Bonchev–Trinajstić information content (AvgIpc) is 2.44. The van der Waals surface area contributed by atoms with Gasteiger partial charge < -0.3 is 10.6 Å². The van der Waals surface area contributed by atoms with Crippen molar-refractivity contribution in [3.8, 4) is 0 Å². The molecule has 0 radical (unpaired) electrons. The standard InChI is InChI=1S/C14H10ClF3N2O/c15-8-1-3-9(4-2-8)20-14(21)7-19-13-6-11(17)10(16)5-12(13)18/h1-6,19H,7H2,(H,20,21). The first-order chi connectivity index (χ1) is 9.95. The average molecular weight is 315 g/mol. The minimum atomic E-state index is -1.29. The molecule has 0 saturated carbocycles. The first-order valence-corrected chi connectivity index (χ1v) is 6.27. The molecule has 110 valence electrons. The fourth-order valence-corrected chi connectivity index (χ4v) is 1.70. The molecule has 2 rings (SSSR count). The molecule has 7 heteroatoms. The van der Waals surface area contributed by atoms with Gasteiger partial charge in [-0.3, -0.25) is 4.79 Å². The summed E-state index contributed by atoms with van der Waals surface area (Å²) in [5, 5.41) is 5.45. The van der Waals surface area contributed by atoms with Crippen LogP contribution in [-0.2, 0) is 4.79 Å². The van der Waals surface area contributed by atoms with Crippen LogP contribution in [0, 0.1) is 17.5 Å². The lowest BCUT2D eigenvalue weighted by molar-refractivity contribution is -0.114. The van der Waals surface area contributed by atoms with Crippen molar-refractivity contribution in [1.29, 1.82) is 0 Å². The molecule has 0 aliphatic heterocycles. The van der Waals surface area contributed by atoms with Crippen molar-refractivity contribution in [2.45, 2.75) is 0 Å². The number of carbonyl (C=O) groups is 1. The van der Waals surface area contributed by atoms with Gasteiger partial charge in [0.1, 0.15) is 5.82 Å². The number of benzene rings is 2. The monoisotopic (exact) mass is 314 g/mol. The molecule has 21 heavy (non-hydrogen) atoms.